The highest BCUT2D eigenvalue weighted by molar-refractivity contribution is 5.77. The maximum absolute atomic E-state index is 5.90. The predicted octanol–water partition coefficient (Wildman–Crippen LogP) is 0.676. The molecule has 0 aromatic carbocycles. The molecule has 1 heterocycles. The summed E-state index contributed by atoms with van der Waals surface area (Å²) in [4.78, 5) is 6.85. The first-order valence-corrected chi connectivity index (χ1v) is 7.86. The van der Waals surface area contributed by atoms with Crippen LogP contribution in [-0.4, -0.2) is 70.5 Å². The fourth-order valence-electron chi connectivity index (χ4n) is 2.16. The fraction of sp³-hybridized carbons (Fsp3) is 0.933. The number of ether oxygens (including phenoxy) is 2. The molecule has 0 atom stereocenters. The molecule has 3 N–H and O–H groups in total. The Labute approximate surface area is 129 Å². The first-order chi connectivity index (χ1) is 10.0. The van der Waals surface area contributed by atoms with E-state index in [1.165, 1.54) is 0 Å². The number of morpholine rings is 1. The molecule has 6 nitrogen and oxygen atoms in total. The maximum Gasteiger partial charge on any atom is 0.188 e. The Kier molecular flexibility index (Phi) is 8.64. The average Bonchev–Trinajstić information content (AvgIpc) is 2.49. The first-order valence-electron chi connectivity index (χ1n) is 7.86. The predicted molar refractivity (Wildman–Crippen MR) is 86.6 cm³/mol. The molecule has 0 aromatic heterocycles. The zero-order valence-electron chi connectivity index (χ0n) is 13.9. The summed E-state index contributed by atoms with van der Waals surface area (Å²) >= 11 is 0. The van der Waals surface area contributed by atoms with Crippen molar-refractivity contribution in [3.63, 3.8) is 0 Å². The van der Waals surface area contributed by atoms with Gasteiger partial charge in [-0.15, -0.1) is 0 Å². The minimum Gasteiger partial charge on any atom is -0.385 e. The standard InChI is InChI=1S/C15H32N4O2/c1-15(2,5-10-20-3)13-18-14(16)17-6-4-7-19-8-11-21-12-9-19/h4-13H2,1-3H3,(H3,16,17,18). The van der Waals surface area contributed by atoms with Crippen molar-refractivity contribution >= 4 is 5.96 Å². The summed E-state index contributed by atoms with van der Waals surface area (Å²) in [5.74, 6) is 0.544. The lowest BCUT2D eigenvalue weighted by molar-refractivity contribution is 0.0376. The van der Waals surface area contributed by atoms with Crippen LogP contribution in [-0.2, 0) is 9.47 Å². The number of aliphatic imine (C=N–C) groups is 1. The molecule has 1 rings (SSSR count). The van der Waals surface area contributed by atoms with Crippen molar-refractivity contribution in [3.05, 3.63) is 0 Å². The zero-order valence-corrected chi connectivity index (χ0v) is 13.9. The summed E-state index contributed by atoms with van der Waals surface area (Å²) in [7, 11) is 1.73. The van der Waals surface area contributed by atoms with E-state index in [2.05, 4.69) is 29.1 Å². The second kappa shape index (κ2) is 9.97. The quantitative estimate of drug-likeness (QED) is 0.372. The second-order valence-electron chi connectivity index (χ2n) is 6.34. The van der Waals surface area contributed by atoms with E-state index in [0.717, 1.165) is 65.4 Å². The number of rotatable bonds is 9. The normalized spacial score (nSPS) is 18.0. The van der Waals surface area contributed by atoms with Crippen LogP contribution in [0.4, 0.5) is 0 Å². The lowest BCUT2D eigenvalue weighted by Gasteiger charge is -2.26. The van der Waals surface area contributed by atoms with E-state index in [9.17, 15) is 0 Å². The van der Waals surface area contributed by atoms with Crippen LogP contribution >= 0.6 is 0 Å². The number of nitrogens with two attached hydrogens (primary N) is 1. The molecule has 0 saturated carbocycles. The number of hydrogen-bond donors (Lipinski definition) is 2. The number of nitrogens with one attached hydrogen (secondary N) is 1. The molecule has 1 aliphatic rings. The molecule has 0 amide bonds. The molecule has 0 bridgehead atoms. The Morgan fingerprint density at radius 2 is 2.10 bits per heavy atom. The molecule has 0 spiro atoms. The summed E-state index contributed by atoms with van der Waals surface area (Å²) in [6.07, 6.45) is 2.06. The van der Waals surface area contributed by atoms with Crippen LogP contribution in [0.25, 0.3) is 0 Å². The SMILES string of the molecule is COCCC(C)(C)CN=C(N)NCCCN1CCOCC1. The van der Waals surface area contributed by atoms with Gasteiger partial charge >= 0.3 is 0 Å². The first kappa shape index (κ1) is 18.2. The van der Waals surface area contributed by atoms with Crippen LogP contribution < -0.4 is 11.1 Å². The van der Waals surface area contributed by atoms with Crippen LogP contribution in [0.5, 0.6) is 0 Å². The third kappa shape index (κ3) is 8.90. The van der Waals surface area contributed by atoms with Crippen molar-refractivity contribution in [2.75, 3.05) is 59.7 Å². The Bertz CT molecular complexity index is 302. The molecule has 21 heavy (non-hydrogen) atoms. The fourth-order valence-corrected chi connectivity index (χ4v) is 2.16. The number of hydrogen-bond acceptors (Lipinski definition) is 4. The highest BCUT2D eigenvalue weighted by Crippen LogP contribution is 2.20. The summed E-state index contributed by atoms with van der Waals surface area (Å²) in [5.41, 5.74) is 6.02. The Morgan fingerprint density at radius 1 is 1.38 bits per heavy atom. The second-order valence-corrected chi connectivity index (χ2v) is 6.34. The maximum atomic E-state index is 5.90. The van der Waals surface area contributed by atoms with E-state index in [0.29, 0.717) is 5.96 Å². The van der Waals surface area contributed by atoms with E-state index in [4.69, 9.17) is 15.2 Å². The van der Waals surface area contributed by atoms with Crippen LogP contribution in [0.15, 0.2) is 4.99 Å². The number of nitrogens with zero attached hydrogens (tertiary/aromatic N) is 2. The minimum atomic E-state index is 0.121. The van der Waals surface area contributed by atoms with Crippen molar-refractivity contribution in [1.29, 1.82) is 0 Å². The third-order valence-electron chi connectivity index (χ3n) is 3.72. The van der Waals surface area contributed by atoms with E-state index >= 15 is 0 Å². The average molecular weight is 300 g/mol. The van der Waals surface area contributed by atoms with Crippen LogP contribution in [0.2, 0.25) is 0 Å². The van der Waals surface area contributed by atoms with Crippen molar-refractivity contribution < 1.29 is 9.47 Å². The van der Waals surface area contributed by atoms with Gasteiger partial charge in [-0.3, -0.25) is 9.89 Å². The summed E-state index contributed by atoms with van der Waals surface area (Å²) in [6.45, 7) is 11.6. The number of guanidine groups is 1. The van der Waals surface area contributed by atoms with Gasteiger partial charge in [-0.1, -0.05) is 13.8 Å². The molecule has 1 saturated heterocycles. The van der Waals surface area contributed by atoms with Gasteiger partial charge in [0.25, 0.3) is 0 Å². The van der Waals surface area contributed by atoms with E-state index < -0.39 is 0 Å². The van der Waals surface area contributed by atoms with Gasteiger partial charge in [0.15, 0.2) is 5.96 Å². The molecule has 0 unspecified atom stereocenters. The third-order valence-corrected chi connectivity index (χ3v) is 3.72. The van der Waals surface area contributed by atoms with Crippen LogP contribution in [0.1, 0.15) is 26.7 Å². The summed E-state index contributed by atoms with van der Waals surface area (Å²) in [5, 5.41) is 3.19. The molecule has 1 aliphatic heterocycles. The zero-order chi connectivity index (χ0) is 15.6. The van der Waals surface area contributed by atoms with Gasteiger partial charge in [0.1, 0.15) is 0 Å². The highest BCUT2D eigenvalue weighted by Gasteiger charge is 2.17. The lowest BCUT2D eigenvalue weighted by Crippen LogP contribution is -2.39. The monoisotopic (exact) mass is 300 g/mol. The molecule has 6 heteroatoms. The van der Waals surface area contributed by atoms with Gasteiger partial charge in [-0.05, 0) is 24.8 Å². The summed E-state index contributed by atoms with van der Waals surface area (Å²) < 4.78 is 10.4. The topological polar surface area (TPSA) is 72.1 Å². The van der Waals surface area contributed by atoms with Crippen molar-refractivity contribution in [3.8, 4) is 0 Å². The van der Waals surface area contributed by atoms with E-state index in [-0.39, 0.29) is 5.41 Å². The molecular weight excluding hydrogens is 268 g/mol. The Morgan fingerprint density at radius 3 is 2.76 bits per heavy atom. The molecular formula is C15H32N4O2. The molecule has 124 valence electrons. The minimum absolute atomic E-state index is 0.121. The van der Waals surface area contributed by atoms with Gasteiger partial charge in [-0.25, -0.2) is 0 Å². The van der Waals surface area contributed by atoms with Crippen molar-refractivity contribution in [2.45, 2.75) is 26.7 Å². The summed E-state index contributed by atoms with van der Waals surface area (Å²) in [6, 6.07) is 0. The molecule has 0 aliphatic carbocycles. The molecule has 1 fully saturated rings. The van der Waals surface area contributed by atoms with Gasteiger partial charge in [0, 0.05) is 39.9 Å². The van der Waals surface area contributed by atoms with Gasteiger partial charge in [0.2, 0.25) is 0 Å². The van der Waals surface area contributed by atoms with E-state index in [1.54, 1.807) is 7.11 Å². The molecule has 0 radical (unpaired) electrons. The van der Waals surface area contributed by atoms with E-state index in [1.807, 2.05) is 0 Å². The largest absolute Gasteiger partial charge is 0.385 e. The van der Waals surface area contributed by atoms with Gasteiger partial charge < -0.3 is 20.5 Å². The van der Waals surface area contributed by atoms with Gasteiger partial charge in [0.05, 0.1) is 13.2 Å². The van der Waals surface area contributed by atoms with Crippen LogP contribution in [0, 0.1) is 5.41 Å². The highest BCUT2D eigenvalue weighted by atomic mass is 16.5. The smallest absolute Gasteiger partial charge is 0.188 e. The Balaban J connectivity index is 2.11. The molecule has 0 aromatic rings. The lowest BCUT2D eigenvalue weighted by atomic mass is 9.90. The van der Waals surface area contributed by atoms with Gasteiger partial charge in [-0.2, -0.15) is 0 Å². The number of methoxy groups -OCH3 is 1. The Hall–Kier alpha value is -0.850. The van der Waals surface area contributed by atoms with Crippen molar-refractivity contribution in [1.82, 2.24) is 10.2 Å². The van der Waals surface area contributed by atoms with Crippen LogP contribution in [0.3, 0.4) is 0 Å². The van der Waals surface area contributed by atoms with Crippen molar-refractivity contribution in [2.24, 2.45) is 16.1 Å².